The number of nitrogens with zero attached hydrogens (tertiary/aromatic N) is 2. The number of rotatable bonds is 3. The van der Waals surface area contributed by atoms with Gasteiger partial charge in [-0.1, -0.05) is 0 Å². The maximum atomic E-state index is 10.5. The van der Waals surface area contributed by atoms with Crippen LogP contribution in [0.5, 0.6) is 0 Å². The highest BCUT2D eigenvalue weighted by molar-refractivity contribution is 5.92. The lowest BCUT2D eigenvalue weighted by Gasteiger charge is -1.96. The van der Waals surface area contributed by atoms with Crippen LogP contribution >= 0.6 is 0 Å². The van der Waals surface area contributed by atoms with Crippen molar-refractivity contribution in [1.29, 1.82) is 0 Å². The van der Waals surface area contributed by atoms with E-state index in [-0.39, 0.29) is 5.69 Å². The number of nitro groups is 1. The second-order valence-electron chi connectivity index (χ2n) is 2.36. The Balaban J connectivity index is 3.38. The van der Waals surface area contributed by atoms with Crippen molar-refractivity contribution in [2.75, 3.05) is 0 Å². The first-order valence-electron chi connectivity index (χ1n) is 3.41. The molecule has 0 spiro atoms. The fraction of sp³-hybridized carbons (Fsp3) is 0. The van der Waals surface area contributed by atoms with E-state index in [0.29, 0.717) is 0 Å². The summed E-state index contributed by atoms with van der Waals surface area (Å²) in [6.07, 6.45) is 0. The average molecular weight is 196 g/mol. The molecule has 0 radical (unpaired) electrons. The predicted octanol–water partition coefficient (Wildman–Crippen LogP) is 1.69. The van der Waals surface area contributed by atoms with Crippen molar-refractivity contribution in [2.24, 2.45) is 5.18 Å². The lowest BCUT2D eigenvalue weighted by atomic mass is 10.1. The van der Waals surface area contributed by atoms with Crippen LogP contribution in [-0.4, -0.2) is 16.0 Å². The van der Waals surface area contributed by atoms with E-state index in [1.165, 1.54) is 0 Å². The van der Waals surface area contributed by atoms with Crippen LogP contribution in [0.3, 0.4) is 0 Å². The summed E-state index contributed by atoms with van der Waals surface area (Å²) in [4.78, 5) is 30.1. The molecule has 0 heterocycles. The van der Waals surface area contributed by atoms with Gasteiger partial charge in [0.05, 0.1) is 4.92 Å². The highest BCUT2D eigenvalue weighted by atomic mass is 16.6. The van der Waals surface area contributed by atoms with Gasteiger partial charge >= 0.3 is 5.97 Å². The Kier molecular flexibility index (Phi) is 2.52. The van der Waals surface area contributed by atoms with Crippen LogP contribution in [0.2, 0.25) is 0 Å². The first kappa shape index (κ1) is 9.78. The van der Waals surface area contributed by atoms with Gasteiger partial charge in [-0.2, -0.15) is 0 Å². The normalized spacial score (nSPS) is 9.43. The van der Waals surface area contributed by atoms with Crippen LogP contribution in [-0.2, 0) is 0 Å². The van der Waals surface area contributed by atoms with Crippen LogP contribution < -0.4 is 0 Å². The summed E-state index contributed by atoms with van der Waals surface area (Å²) >= 11 is 0. The van der Waals surface area contributed by atoms with Gasteiger partial charge in [0.25, 0.3) is 5.69 Å². The number of aromatic carboxylic acids is 1. The molecule has 0 saturated heterocycles. The second kappa shape index (κ2) is 3.60. The minimum atomic E-state index is -1.42. The van der Waals surface area contributed by atoms with Gasteiger partial charge in [-0.3, -0.25) is 10.1 Å². The fourth-order valence-corrected chi connectivity index (χ4v) is 0.909. The van der Waals surface area contributed by atoms with E-state index in [2.05, 4.69) is 5.18 Å². The molecule has 14 heavy (non-hydrogen) atoms. The van der Waals surface area contributed by atoms with Crippen LogP contribution in [0, 0.1) is 15.0 Å². The predicted molar refractivity (Wildman–Crippen MR) is 45.5 cm³/mol. The zero-order chi connectivity index (χ0) is 10.7. The van der Waals surface area contributed by atoms with E-state index >= 15 is 0 Å². The molecule has 1 aromatic carbocycles. The van der Waals surface area contributed by atoms with Gasteiger partial charge in [-0.05, 0) is 17.3 Å². The molecule has 1 rings (SSSR count). The van der Waals surface area contributed by atoms with Crippen molar-refractivity contribution < 1.29 is 14.8 Å². The fourth-order valence-electron chi connectivity index (χ4n) is 0.909. The highest BCUT2D eigenvalue weighted by Gasteiger charge is 2.20. The molecule has 0 fully saturated rings. The lowest BCUT2D eigenvalue weighted by Crippen LogP contribution is -2.01. The molecule has 0 bridgehead atoms. The standard InChI is InChI=1S/C7H4N2O5/c10-7(11)5-2-1-4(8-12)3-6(5)9(13)14/h1-3H,(H,10,11). The molecule has 0 atom stereocenters. The summed E-state index contributed by atoms with van der Waals surface area (Å²) in [5.74, 6) is -1.42. The average Bonchev–Trinajstić information content (AvgIpc) is 2.16. The molecule has 7 heteroatoms. The highest BCUT2D eigenvalue weighted by Crippen LogP contribution is 2.24. The number of carboxylic acids is 1. The van der Waals surface area contributed by atoms with Crippen LogP contribution in [0.25, 0.3) is 0 Å². The first-order valence-corrected chi connectivity index (χ1v) is 3.41. The zero-order valence-electron chi connectivity index (χ0n) is 6.71. The zero-order valence-corrected chi connectivity index (χ0v) is 6.71. The molecule has 0 aliphatic heterocycles. The minimum Gasteiger partial charge on any atom is -0.477 e. The molecular weight excluding hydrogens is 192 g/mol. The van der Waals surface area contributed by atoms with Crippen molar-refractivity contribution in [3.05, 3.63) is 38.8 Å². The van der Waals surface area contributed by atoms with Crippen molar-refractivity contribution in [3.8, 4) is 0 Å². The summed E-state index contributed by atoms with van der Waals surface area (Å²) in [6.45, 7) is 0. The van der Waals surface area contributed by atoms with Crippen LogP contribution in [0.4, 0.5) is 11.4 Å². The van der Waals surface area contributed by atoms with Crippen LogP contribution in [0.1, 0.15) is 10.4 Å². The molecule has 0 aromatic heterocycles. The maximum absolute atomic E-state index is 10.5. The number of nitro benzene ring substituents is 1. The number of hydrogen-bond donors (Lipinski definition) is 1. The van der Waals surface area contributed by atoms with Crippen molar-refractivity contribution in [1.82, 2.24) is 0 Å². The number of carbonyl (C=O) groups is 1. The van der Waals surface area contributed by atoms with E-state index in [9.17, 15) is 19.8 Å². The summed E-state index contributed by atoms with van der Waals surface area (Å²) in [6, 6.07) is 2.89. The van der Waals surface area contributed by atoms with Crippen molar-refractivity contribution >= 4 is 17.3 Å². The Hall–Kier alpha value is -2.31. The van der Waals surface area contributed by atoms with E-state index in [0.717, 1.165) is 18.2 Å². The summed E-state index contributed by atoms with van der Waals surface area (Å²) in [5, 5.41) is 21.4. The van der Waals surface area contributed by atoms with Gasteiger partial charge in [0.1, 0.15) is 11.3 Å². The third kappa shape index (κ3) is 1.71. The molecule has 0 aliphatic carbocycles. The van der Waals surface area contributed by atoms with Crippen molar-refractivity contribution in [3.63, 3.8) is 0 Å². The van der Waals surface area contributed by atoms with Crippen molar-refractivity contribution in [2.45, 2.75) is 0 Å². The van der Waals surface area contributed by atoms with E-state index in [1.807, 2.05) is 0 Å². The molecule has 1 aromatic rings. The Morgan fingerprint density at radius 1 is 1.50 bits per heavy atom. The summed E-state index contributed by atoms with van der Waals surface area (Å²) in [5.41, 5.74) is -1.29. The SMILES string of the molecule is O=Nc1ccc(C(=O)O)c([N+](=O)[O-])c1. The molecule has 1 N–H and O–H groups in total. The lowest BCUT2D eigenvalue weighted by molar-refractivity contribution is -0.385. The quantitative estimate of drug-likeness (QED) is 0.449. The van der Waals surface area contributed by atoms with Gasteiger partial charge in [0.2, 0.25) is 0 Å². The molecule has 0 aliphatic rings. The topological polar surface area (TPSA) is 110 Å². The Bertz CT molecular complexity index is 415. The molecule has 7 nitrogen and oxygen atoms in total. The first-order chi connectivity index (χ1) is 6.56. The monoisotopic (exact) mass is 196 g/mol. The number of nitroso groups, excluding NO2 is 1. The Morgan fingerprint density at radius 3 is 2.57 bits per heavy atom. The Morgan fingerprint density at radius 2 is 2.14 bits per heavy atom. The van der Waals surface area contributed by atoms with Gasteiger partial charge in [-0.15, -0.1) is 4.91 Å². The largest absolute Gasteiger partial charge is 0.477 e. The minimum absolute atomic E-state index is 0.179. The third-order valence-corrected chi connectivity index (χ3v) is 1.51. The molecule has 72 valence electrons. The Labute approximate surface area is 77.1 Å². The summed E-state index contributed by atoms with van der Waals surface area (Å²) in [7, 11) is 0. The summed E-state index contributed by atoms with van der Waals surface area (Å²) < 4.78 is 0. The third-order valence-electron chi connectivity index (χ3n) is 1.51. The molecule has 0 amide bonds. The van der Waals surface area contributed by atoms with E-state index in [1.54, 1.807) is 0 Å². The smallest absolute Gasteiger partial charge is 0.342 e. The van der Waals surface area contributed by atoms with Gasteiger partial charge in [-0.25, -0.2) is 4.79 Å². The van der Waals surface area contributed by atoms with Crippen LogP contribution in [0.15, 0.2) is 23.4 Å². The van der Waals surface area contributed by atoms with Gasteiger partial charge in [0.15, 0.2) is 0 Å². The number of hydrogen-bond acceptors (Lipinski definition) is 5. The molecule has 0 unspecified atom stereocenters. The molecular formula is C7H4N2O5. The van der Waals surface area contributed by atoms with E-state index < -0.39 is 22.1 Å². The number of carboxylic acid groups (broad SMARTS) is 1. The maximum Gasteiger partial charge on any atom is 0.342 e. The second-order valence-corrected chi connectivity index (χ2v) is 2.36. The molecule has 0 saturated carbocycles. The van der Waals surface area contributed by atoms with E-state index in [4.69, 9.17) is 5.11 Å². The van der Waals surface area contributed by atoms with Gasteiger partial charge < -0.3 is 5.11 Å². The van der Waals surface area contributed by atoms with Gasteiger partial charge in [0, 0.05) is 6.07 Å². The number of benzene rings is 1.